The first-order chi connectivity index (χ1) is 9.20. The molecule has 1 aromatic carbocycles. The fraction of sp³-hybridized carbons (Fsp3) is 0.400. The molecule has 0 unspecified atom stereocenters. The molecule has 0 saturated carbocycles. The van der Waals surface area contributed by atoms with Crippen LogP contribution in [0.25, 0.3) is 0 Å². The third-order valence-electron chi connectivity index (χ3n) is 4.13. The zero-order valence-corrected chi connectivity index (χ0v) is 11.8. The summed E-state index contributed by atoms with van der Waals surface area (Å²) in [7, 11) is 2.05. The van der Waals surface area contributed by atoms with Crippen molar-refractivity contribution in [3.63, 3.8) is 0 Å². The topological polar surface area (TPSA) is 29.9 Å². The van der Waals surface area contributed by atoms with Crippen LogP contribution in [-0.2, 0) is 18.9 Å². The number of aryl methyl sites for hydroxylation is 2. The van der Waals surface area contributed by atoms with Crippen LogP contribution >= 0.6 is 11.6 Å². The summed E-state index contributed by atoms with van der Waals surface area (Å²) >= 11 is 5.97. The molecule has 19 heavy (non-hydrogen) atoms. The molecule has 0 amide bonds. The van der Waals surface area contributed by atoms with Gasteiger partial charge in [0, 0.05) is 49.4 Å². The minimum absolute atomic E-state index is 0.247. The number of hydrogen-bond donors (Lipinski definition) is 1. The molecule has 0 radical (unpaired) electrons. The van der Waals surface area contributed by atoms with Crippen molar-refractivity contribution in [2.24, 2.45) is 7.05 Å². The van der Waals surface area contributed by atoms with Crippen molar-refractivity contribution in [2.75, 3.05) is 13.1 Å². The number of benzene rings is 1. The predicted molar refractivity (Wildman–Crippen MR) is 77.5 cm³/mol. The summed E-state index contributed by atoms with van der Waals surface area (Å²) in [6, 6.07) is 8.28. The van der Waals surface area contributed by atoms with E-state index in [4.69, 9.17) is 11.6 Å². The molecule has 3 rings (SSSR count). The second kappa shape index (κ2) is 4.99. The van der Waals surface area contributed by atoms with Crippen LogP contribution in [-0.4, -0.2) is 22.6 Å². The Hall–Kier alpha value is -1.32. The highest BCUT2D eigenvalue weighted by Gasteiger charge is 2.38. The number of imidazole rings is 1. The van der Waals surface area contributed by atoms with E-state index < -0.39 is 0 Å². The number of rotatable bonds is 4. The lowest BCUT2D eigenvalue weighted by Gasteiger charge is -2.43. The van der Waals surface area contributed by atoms with E-state index in [1.165, 1.54) is 5.56 Å². The molecule has 3 nitrogen and oxygen atoms in total. The summed E-state index contributed by atoms with van der Waals surface area (Å²) in [6.45, 7) is 2.08. The number of halogens is 1. The second-order valence-corrected chi connectivity index (χ2v) is 5.78. The molecule has 1 aliphatic heterocycles. The average Bonchev–Trinajstić information content (AvgIpc) is 2.76. The molecule has 2 heterocycles. The van der Waals surface area contributed by atoms with E-state index in [2.05, 4.69) is 34.0 Å². The van der Waals surface area contributed by atoms with Crippen molar-refractivity contribution in [3.8, 4) is 0 Å². The van der Waals surface area contributed by atoms with Gasteiger partial charge in [-0.3, -0.25) is 0 Å². The van der Waals surface area contributed by atoms with Crippen molar-refractivity contribution >= 4 is 11.6 Å². The van der Waals surface area contributed by atoms with Crippen molar-refractivity contribution in [3.05, 3.63) is 53.1 Å². The van der Waals surface area contributed by atoms with E-state index in [0.29, 0.717) is 0 Å². The SMILES string of the molecule is Cn1ccnc1CCC1(c2ccc(Cl)cc2)CNC1. The van der Waals surface area contributed by atoms with Crippen LogP contribution < -0.4 is 5.32 Å². The van der Waals surface area contributed by atoms with E-state index >= 15 is 0 Å². The highest BCUT2D eigenvalue weighted by molar-refractivity contribution is 6.30. The normalized spacial score (nSPS) is 17.2. The predicted octanol–water partition coefficient (Wildman–Crippen LogP) is 2.55. The van der Waals surface area contributed by atoms with Gasteiger partial charge in [-0.1, -0.05) is 23.7 Å². The maximum absolute atomic E-state index is 5.97. The largest absolute Gasteiger partial charge is 0.338 e. The van der Waals surface area contributed by atoms with Crippen molar-refractivity contribution in [1.29, 1.82) is 0 Å². The molecule has 100 valence electrons. The lowest BCUT2D eigenvalue weighted by molar-refractivity contribution is 0.256. The average molecular weight is 276 g/mol. The van der Waals surface area contributed by atoms with Gasteiger partial charge in [0.1, 0.15) is 5.82 Å². The standard InChI is InChI=1S/C15H18ClN3/c1-19-9-8-18-14(19)6-7-15(10-17-11-15)12-2-4-13(16)5-3-12/h2-5,8-9,17H,6-7,10-11H2,1H3. The summed E-state index contributed by atoms with van der Waals surface area (Å²) < 4.78 is 2.10. The molecule has 1 fully saturated rings. The molecule has 0 spiro atoms. The molecule has 1 saturated heterocycles. The minimum atomic E-state index is 0.247. The molecule has 1 aromatic heterocycles. The van der Waals surface area contributed by atoms with Crippen LogP contribution in [0.2, 0.25) is 5.02 Å². The quantitative estimate of drug-likeness (QED) is 0.929. The fourth-order valence-electron chi connectivity index (χ4n) is 2.74. The summed E-state index contributed by atoms with van der Waals surface area (Å²) in [4.78, 5) is 4.41. The van der Waals surface area contributed by atoms with Gasteiger partial charge in [-0.25, -0.2) is 4.98 Å². The zero-order valence-electron chi connectivity index (χ0n) is 11.1. The fourth-order valence-corrected chi connectivity index (χ4v) is 2.87. The maximum atomic E-state index is 5.97. The third kappa shape index (κ3) is 2.40. The van der Waals surface area contributed by atoms with Crippen LogP contribution in [0.4, 0.5) is 0 Å². The molecule has 4 heteroatoms. The molecular weight excluding hydrogens is 258 g/mol. The Bertz CT molecular complexity index is 555. The van der Waals surface area contributed by atoms with Crippen LogP contribution in [0, 0.1) is 0 Å². The van der Waals surface area contributed by atoms with Crippen LogP contribution in [0.5, 0.6) is 0 Å². The Morgan fingerprint density at radius 2 is 2.05 bits per heavy atom. The second-order valence-electron chi connectivity index (χ2n) is 5.35. The van der Waals surface area contributed by atoms with Crippen LogP contribution in [0.1, 0.15) is 17.8 Å². The molecular formula is C15H18ClN3. The van der Waals surface area contributed by atoms with E-state index in [0.717, 1.165) is 36.8 Å². The minimum Gasteiger partial charge on any atom is -0.338 e. The van der Waals surface area contributed by atoms with Gasteiger partial charge in [-0.05, 0) is 24.1 Å². The van der Waals surface area contributed by atoms with Crippen molar-refractivity contribution in [2.45, 2.75) is 18.3 Å². The first-order valence-electron chi connectivity index (χ1n) is 6.63. The lowest BCUT2D eigenvalue weighted by atomic mass is 9.72. The van der Waals surface area contributed by atoms with Crippen LogP contribution in [0.15, 0.2) is 36.7 Å². The highest BCUT2D eigenvalue weighted by Crippen LogP contribution is 2.33. The molecule has 1 N–H and O–H groups in total. The van der Waals surface area contributed by atoms with E-state index in [1.54, 1.807) is 0 Å². The first-order valence-corrected chi connectivity index (χ1v) is 7.00. The number of nitrogens with one attached hydrogen (secondary N) is 1. The number of aromatic nitrogens is 2. The van der Waals surface area contributed by atoms with Crippen molar-refractivity contribution < 1.29 is 0 Å². The maximum Gasteiger partial charge on any atom is 0.108 e. The summed E-state index contributed by atoms with van der Waals surface area (Å²) in [5.74, 6) is 1.15. The smallest absolute Gasteiger partial charge is 0.108 e. The van der Waals surface area contributed by atoms with Gasteiger partial charge in [0.15, 0.2) is 0 Å². The highest BCUT2D eigenvalue weighted by atomic mass is 35.5. The Morgan fingerprint density at radius 3 is 2.58 bits per heavy atom. The Balaban J connectivity index is 1.76. The van der Waals surface area contributed by atoms with Gasteiger partial charge < -0.3 is 9.88 Å². The molecule has 0 bridgehead atoms. The van der Waals surface area contributed by atoms with E-state index in [9.17, 15) is 0 Å². The monoisotopic (exact) mass is 275 g/mol. The zero-order chi connectivity index (χ0) is 13.3. The van der Waals surface area contributed by atoms with Gasteiger partial charge in [-0.2, -0.15) is 0 Å². The Labute approximate surface area is 118 Å². The van der Waals surface area contributed by atoms with Crippen molar-refractivity contribution in [1.82, 2.24) is 14.9 Å². The van der Waals surface area contributed by atoms with Gasteiger partial charge in [-0.15, -0.1) is 0 Å². The molecule has 2 aromatic rings. The van der Waals surface area contributed by atoms with Crippen LogP contribution in [0.3, 0.4) is 0 Å². The van der Waals surface area contributed by atoms with E-state index in [-0.39, 0.29) is 5.41 Å². The molecule has 0 atom stereocenters. The van der Waals surface area contributed by atoms with E-state index in [1.807, 2.05) is 24.5 Å². The van der Waals surface area contributed by atoms with Gasteiger partial charge in [0.05, 0.1) is 0 Å². The van der Waals surface area contributed by atoms with Gasteiger partial charge in [0.25, 0.3) is 0 Å². The summed E-state index contributed by atoms with van der Waals surface area (Å²) in [5, 5.41) is 4.20. The summed E-state index contributed by atoms with van der Waals surface area (Å²) in [6.07, 6.45) is 5.99. The van der Waals surface area contributed by atoms with Gasteiger partial charge >= 0.3 is 0 Å². The number of nitrogens with zero attached hydrogens (tertiary/aromatic N) is 2. The third-order valence-corrected chi connectivity index (χ3v) is 4.38. The molecule has 1 aliphatic rings. The summed E-state index contributed by atoms with van der Waals surface area (Å²) in [5.41, 5.74) is 1.63. The lowest BCUT2D eigenvalue weighted by Crippen LogP contribution is -2.57. The Morgan fingerprint density at radius 1 is 1.32 bits per heavy atom. The molecule has 0 aliphatic carbocycles. The Kier molecular flexibility index (Phi) is 3.33. The number of hydrogen-bond acceptors (Lipinski definition) is 2. The van der Waals surface area contributed by atoms with Gasteiger partial charge in [0.2, 0.25) is 0 Å². The first kappa shape index (κ1) is 12.7.